The molecule has 1 heterocycles. The highest BCUT2D eigenvalue weighted by molar-refractivity contribution is 5.94. The van der Waals surface area contributed by atoms with Crippen LogP contribution in [0.15, 0.2) is 18.2 Å². The van der Waals surface area contributed by atoms with Gasteiger partial charge in [0.1, 0.15) is 11.6 Å². The van der Waals surface area contributed by atoms with E-state index in [-0.39, 0.29) is 23.7 Å². The number of carbonyl (C=O) groups excluding carboxylic acids is 2. The molecule has 1 aromatic rings. The summed E-state index contributed by atoms with van der Waals surface area (Å²) in [4.78, 5) is 28.7. The molecule has 2 saturated carbocycles. The third kappa shape index (κ3) is 2.60. The first-order valence-electron chi connectivity index (χ1n) is 7.41. The number of fused-ring (bicyclic) bond motifs is 2. The Kier molecular flexibility index (Phi) is 3.55. The smallest absolute Gasteiger partial charge is 0.228 e. The van der Waals surface area contributed by atoms with Gasteiger partial charge in [-0.1, -0.05) is 12.5 Å². The molecule has 2 fully saturated rings. The molecule has 2 bridgehead atoms. The van der Waals surface area contributed by atoms with E-state index in [4.69, 9.17) is 0 Å². The number of hydrogen-bond acceptors (Lipinski definition) is 3. The Labute approximate surface area is 119 Å². The maximum absolute atomic E-state index is 12.4. The van der Waals surface area contributed by atoms with Gasteiger partial charge in [-0.05, 0) is 44.7 Å². The lowest BCUT2D eigenvalue weighted by Gasteiger charge is -2.36. The van der Waals surface area contributed by atoms with Crippen molar-refractivity contribution in [2.24, 2.45) is 17.8 Å². The van der Waals surface area contributed by atoms with Crippen molar-refractivity contribution in [2.75, 3.05) is 5.32 Å². The summed E-state index contributed by atoms with van der Waals surface area (Å²) in [6.45, 7) is 1.90. The number of carbonyl (C=O) groups is 2. The largest absolute Gasteiger partial charge is 0.310 e. The predicted molar refractivity (Wildman–Crippen MR) is 76.2 cm³/mol. The van der Waals surface area contributed by atoms with Crippen molar-refractivity contribution in [1.29, 1.82) is 0 Å². The normalized spacial score (nSPS) is 29.1. The number of nitrogens with zero attached hydrogens (tertiary/aromatic N) is 1. The van der Waals surface area contributed by atoms with Crippen molar-refractivity contribution in [3.63, 3.8) is 0 Å². The second-order valence-corrected chi connectivity index (χ2v) is 6.05. The van der Waals surface area contributed by atoms with E-state index in [2.05, 4.69) is 10.3 Å². The summed E-state index contributed by atoms with van der Waals surface area (Å²) in [7, 11) is 0. The van der Waals surface area contributed by atoms with Gasteiger partial charge in [-0.25, -0.2) is 4.98 Å². The van der Waals surface area contributed by atoms with E-state index in [9.17, 15) is 9.59 Å². The monoisotopic (exact) mass is 272 g/mol. The number of anilines is 1. The van der Waals surface area contributed by atoms with Gasteiger partial charge in [-0.2, -0.15) is 0 Å². The average Bonchev–Trinajstić information content (AvgIpc) is 2.38. The first-order chi connectivity index (χ1) is 9.63. The molecular weight excluding hydrogens is 252 g/mol. The average molecular weight is 272 g/mol. The second-order valence-electron chi connectivity index (χ2n) is 6.05. The molecule has 0 saturated heterocycles. The Morgan fingerprint density at radius 3 is 2.60 bits per heavy atom. The number of pyridine rings is 1. The Morgan fingerprint density at radius 1 is 1.25 bits per heavy atom. The minimum Gasteiger partial charge on any atom is -0.310 e. The molecule has 3 rings (SSSR count). The van der Waals surface area contributed by atoms with Crippen molar-refractivity contribution in [3.8, 4) is 0 Å². The van der Waals surface area contributed by atoms with Crippen molar-refractivity contribution in [2.45, 2.75) is 39.0 Å². The molecule has 0 aliphatic heterocycles. The molecule has 0 aromatic carbocycles. The molecule has 0 spiro atoms. The Hall–Kier alpha value is -1.71. The van der Waals surface area contributed by atoms with Crippen LogP contribution < -0.4 is 5.32 Å². The van der Waals surface area contributed by atoms with Crippen LogP contribution in [0.5, 0.6) is 0 Å². The SMILES string of the molecule is Cc1cccc(NC(=O)C2C[C@H]3CCC[C@@H](C2)C3=O)n1. The molecule has 1 aromatic heterocycles. The van der Waals surface area contributed by atoms with Crippen molar-refractivity contribution in [1.82, 2.24) is 4.98 Å². The molecule has 4 nitrogen and oxygen atoms in total. The number of aromatic nitrogens is 1. The summed E-state index contributed by atoms with van der Waals surface area (Å²) in [6.07, 6.45) is 4.48. The van der Waals surface area contributed by atoms with Crippen LogP contribution in [-0.4, -0.2) is 16.7 Å². The number of hydrogen-bond donors (Lipinski definition) is 1. The second kappa shape index (κ2) is 5.35. The zero-order valence-electron chi connectivity index (χ0n) is 11.8. The van der Waals surface area contributed by atoms with Crippen LogP contribution >= 0.6 is 0 Å². The van der Waals surface area contributed by atoms with E-state index in [1.807, 2.05) is 19.1 Å². The molecule has 3 atom stereocenters. The van der Waals surface area contributed by atoms with Crippen molar-refractivity contribution in [3.05, 3.63) is 23.9 Å². The van der Waals surface area contributed by atoms with Crippen LogP contribution in [-0.2, 0) is 9.59 Å². The standard InChI is InChI=1S/C16H20N2O2/c1-10-4-2-7-14(17-10)18-16(20)13-8-11-5-3-6-12(9-13)15(11)19/h2,4,7,11-13H,3,5-6,8-9H2,1H3,(H,17,18,20)/t11-,12+,13?. The fourth-order valence-electron chi connectivity index (χ4n) is 3.53. The molecule has 4 heteroatoms. The zero-order valence-corrected chi connectivity index (χ0v) is 11.8. The maximum Gasteiger partial charge on any atom is 0.228 e. The Balaban J connectivity index is 1.67. The summed E-state index contributed by atoms with van der Waals surface area (Å²) >= 11 is 0. The fraction of sp³-hybridized carbons (Fsp3) is 0.562. The van der Waals surface area contributed by atoms with E-state index in [0.717, 1.165) is 25.0 Å². The van der Waals surface area contributed by atoms with Crippen LogP contribution in [0.4, 0.5) is 5.82 Å². The zero-order chi connectivity index (χ0) is 14.1. The van der Waals surface area contributed by atoms with Crippen LogP contribution in [0.25, 0.3) is 0 Å². The van der Waals surface area contributed by atoms with E-state index in [0.29, 0.717) is 24.4 Å². The minimum atomic E-state index is -0.0367. The van der Waals surface area contributed by atoms with Crippen LogP contribution in [0, 0.1) is 24.7 Å². The highest BCUT2D eigenvalue weighted by Crippen LogP contribution is 2.40. The summed E-state index contributed by atoms with van der Waals surface area (Å²) in [5.74, 6) is 1.22. The fourth-order valence-corrected chi connectivity index (χ4v) is 3.53. The molecule has 106 valence electrons. The number of ketones is 1. The summed E-state index contributed by atoms with van der Waals surface area (Å²) in [6, 6.07) is 5.59. The number of amides is 1. The lowest BCUT2D eigenvalue weighted by Crippen LogP contribution is -2.40. The van der Waals surface area contributed by atoms with Crippen LogP contribution in [0.2, 0.25) is 0 Å². The van der Waals surface area contributed by atoms with Gasteiger partial charge in [-0.15, -0.1) is 0 Å². The first-order valence-corrected chi connectivity index (χ1v) is 7.41. The van der Waals surface area contributed by atoms with Gasteiger partial charge in [0.05, 0.1) is 0 Å². The lowest BCUT2D eigenvalue weighted by molar-refractivity contribution is -0.136. The van der Waals surface area contributed by atoms with Gasteiger partial charge in [0.15, 0.2) is 0 Å². The molecule has 1 N–H and O–H groups in total. The Bertz CT molecular complexity index is 525. The third-order valence-corrected chi connectivity index (χ3v) is 4.56. The van der Waals surface area contributed by atoms with Crippen LogP contribution in [0.1, 0.15) is 37.8 Å². The molecular formula is C16H20N2O2. The lowest BCUT2D eigenvalue weighted by atomic mass is 9.67. The highest BCUT2D eigenvalue weighted by Gasteiger charge is 2.41. The molecule has 20 heavy (non-hydrogen) atoms. The minimum absolute atomic E-state index is 0.0208. The summed E-state index contributed by atoms with van der Waals surface area (Å²) in [5, 5.41) is 2.90. The van der Waals surface area contributed by atoms with E-state index in [1.54, 1.807) is 6.07 Å². The number of Topliss-reactive ketones (excluding diaryl/α,β-unsaturated/α-hetero) is 1. The molecule has 2 aliphatic rings. The van der Waals surface area contributed by atoms with Crippen molar-refractivity contribution < 1.29 is 9.59 Å². The van der Waals surface area contributed by atoms with E-state index >= 15 is 0 Å². The number of aryl methyl sites for hydroxylation is 1. The number of rotatable bonds is 2. The molecule has 2 aliphatic carbocycles. The highest BCUT2D eigenvalue weighted by atomic mass is 16.2. The molecule has 1 amide bonds. The molecule has 1 unspecified atom stereocenters. The van der Waals surface area contributed by atoms with E-state index < -0.39 is 0 Å². The van der Waals surface area contributed by atoms with Gasteiger partial charge < -0.3 is 5.32 Å². The third-order valence-electron chi connectivity index (χ3n) is 4.56. The first kappa shape index (κ1) is 13.3. The van der Waals surface area contributed by atoms with Gasteiger partial charge >= 0.3 is 0 Å². The van der Waals surface area contributed by atoms with Gasteiger partial charge in [0, 0.05) is 23.4 Å². The summed E-state index contributed by atoms with van der Waals surface area (Å²) in [5.41, 5.74) is 0.887. The van der Waals surface area contributed by atoms with Gasteiger partial charge in [0.2, 0.25) is 5.91 Å². The molecule has 0 radical (unpaired) electrons. The number of nitrogens with one attached hydrogen (secondary N) is 1. The van der Waals surface area contributed by atoms with Crippen molar-refractivity contribution >= 4 is 17.5 Å². The quantitative estimate of drug-likeness (QED) is 0.900. The summed E-state index contributed by atoms with van der Waals surface area (Å²) < 4.78 is 0. The topological polar surface area (TPSA) is 59.1 Å². The maximum atomic E-state index is 12.4. The predicted octanol–water partition coefficient (Wildman–Crippen LogP) is 2.72. The Morgan fingerprint density at radius 2 is 1.95 bits per heavy atom. The van der Waals surface area contributed by atoms with Gasteiger partial charge in [0.25, 0.3) is 0 Å². The van der Waals surface area contributed by atoms with Gasteiger partial charge in [-0.3, -0.25) is 9.59 Å². The van der Waals surface area contributed by atoms with Crippen LogP contribution in [0.3, 0.4) is 0 Å². The van der Waals surface area contributed by atoms with E-state index in [1.165, 1.54) is 0 Å².